The van der Waals surface area contributed by atoms with Gasteiger partial charge in [0.15, 0.2) is 0 Å². The van der Waals surface area contributed by atoms with E-state index in [4.69, 9.17) is 11.6 Å². The first-order valence-corrected chi connectivity index (χ1v) is 16.8. The SMILES string of the molecule is CCc1ccc(N(CC(=O)N(Cc2cccc(Cl)c2)[C@H](Cc2ccccc2)C(=O)NC2CCCCC2)S(C)(=O)=O)cc1. The number of hydrogen-bond donors (Lipinski definition) is 1. The molecular weight excluding hydrogens is 570 g/mol. The van der Waals surface area contributed by atoms with E-state index in [9.17, 15) is 18.0 Å². The Balaban J connectivity index is 1.71. The molecule has 3 aromatic rings. The Morgan fingerprint density at radius 2 is 1.57 bits per heavy atom. The highest BCUT2D eigenvalue weighted by Gasteiger charge is 2.34. The van der Waals surface area contributed by atoms with Gasteiger partial charge >= 0.3 is 0 Å². The van der Waals surface area contributed by atoms with E-state index in [1.165, 1.54) is 4.90 Å². The molecular formula is C33H40ClN3O4S. The number of rotatable bonds is 12. The Morgan fingerprint density at radius 1 is 0.905 bits per heavy atom. The smallest absolute Gasteiger partial charge is 0.244 e. The van der Waals surface area contributed by atoms with Crippen LogP contribution in [-0.2, 0) is 39.0 Å². The third-order valence-corrected chi connectivity index (χ3v) is 9.15. The molecule has 1 aliphatic rings. The van der Waals surface area contributed by atoms with Crippen LogP contribution in [0.2, 0.25) is 5.02 Å². The van der Waals surface area contributed by atoms with Crippen molar-refractivity contribution in [3.8, 4) is 0 Å². The Morgan fingerprint density at radius 3 is 2.19 bits per heavy atom. The predicted molar refractivity (Wildman–Crippen MR) is 169 cm³/mol. The molecule has 0 aromatic heterocycles. The summed E-state index contributed by atoms with van der Waals surface area (Å²) in [4.78, 5) is 29.7. The van der Waals surface area contributed by atoms with E-state index >= 15 is 0 Å². The summed E-state index contributed by atoms with van der Waals surface area (Å²) in [6, 6.07) is 23.1. The van der Waals surface area contributed by atoms with Gasteiger partial charge < -0.3 is 10.2 Å². The lowest BCUT2D eigenvalue weighted by atomic mass is 9.94. The zero-order chi connectivity index (χ0) is 30.1. The summed E-state index contributed by atoms with van der Waals surface area (Å²) in [7, 11) is -3.81. The molecule has 1 saturated carbocycles. The molecule has 1 aliphatic carbocycles. The second-order valence-corrected chi connectivity index (χ2v) is 13.3. The van der Waals surface area contributed by atoms with Crippen LogP contribution in [0.25, 0.3) is 0 Å². The summed E-state index contributed by atoms with van der Waals surface area (Å²) in [5.41, 5.74) is 3.11. The molecule has 42 heavy (non-hydrogen) atoms. The molecule has 0 bridgehead atoms. The van der Waals surface area contributed by atoms with Crippen LogP contribution < -0.4 is 9.62 Å². The zero-order valence-electron chi connectivity index (χ0n) is 24.3. The molecule has 4 rings (SSSR count). The van der Waals surface area contributed by atoms with Crippen LogP contribution >= 0.6 is 11.6 Å². The number of nitrogens with zero attached hydrogens (tertiary/aromatic N) is 2. The standard InChI is InChI=1S/C33H40ClN3O4S/c1-3-25-17-19-30(20-18-25)37(42(2,40)41)24-32(38)36(23-27-13-10-14-28(34)21-27)31(22-26-11-6-4-7-12-26)33(39)35-29-15-8-5-9-16-29/h4,6-7,10-14,17-21,29,31H,3,5,8-9,15-16,22-24H2,1-2H3,(H,35,39)/t31-/m1/s1. The summed E-state index contributed by atoms with van der Waals surface area (Å²) in [6.07, 6.45) is 7.26. The van der Waals surface area contributed by atoms with Crippen molar-refractivity contribution in [2.45, 2.75) is 70.5 Å². The highest BCUT2D eigenvalue weighted by molar-refractivity contribution is 7.92. The molecule has 0 aliphatic heterocycles. The number of aryl methyl sites for hydroxylation is 1. The zero-order valence-corrected chi connectivity index (χ0v) is 25.9. The van der Waals surface area contributed by atoms with Gasteiger partial charge in [0, 0.05) is 24.0 Å². The number of nitrogens with one attached hydrogen (secondary N) is 1. The Kier molecular flexibility index (Phi) is 11.0. The molecule has 0 heterocycles. The summed E-state index contributed by atoms with van der Waals surface area (Å²) in [5.74, 6) is -0.709. The second-order valence-electron chi connectivity index (χ2n) is 11.0. The summed E-state index contributed by atoms with van der Waals surface area (Å²) >= 11 is 6.29. The van der Waals surface area contributed by atoms with Crippen molar-refractivity contribution in [3.63, 3.8) is 0 Å². The molecule has 3 aromatic carbocycles. The molecule has 1 N–H and O–H groups in total. The maximum atomic E-state index is 14.2. The van der Waals surface area contributed by atoms with Crippen LogP contribution in [0, 0.1) is 0 Å². The monoisotopic (exact) mass is 609 g/mol. The van der Waals surface area contributed by atoms with Gasteiger partial charge in [-0.15, -0.1) is 0 Å². The molecule has 224 valence electrons. The molecule has 0 saturated heterocycles. The minimum Gasteiger partial charge on any atom is -0.352 e. The van der Waals surface area contributed by atoms with E-state index in [1.54, 1.807) is 30.3 Å². The summed E-state index contributed by atoms with van der Waals surface area (Å²) in [5, 5.41) is 3.72. The van der Waals surface area contributed by atoms with E-state index in [-0.39, 0.29) is 24.9 Å². The lowest BCUT2D eigenvalue weighted by Gasteiger charge is -2.35. The van der Waals surface area contributed by atoms with Gasteiger partial charge in [-0.3, -0.25) is 13.9 Å². The quantitative estimate of drug-likeness (QED) is 0.283. The van der Waals surface area contributed by atoms with Gasteiger partial charge in [0.05, 0.1) is 11.9 Å². The van der Waals surface area contributed by atoms with Crippen molar-refractivity contribution in [1.82, 2.24) is 10.2 Å². The minimum absolute atomic E-state index is 0.0530. The van der Waals surface area contributed by atoms with Gasteiger partial charge in [0.25, 0.3) is 0 Å². The van der Waals surface area contributed by atoms with Gasteiger partial charge in [0.2, 0.25) is 21.8 Å². The topological polar surface area (TPSA) is 86.8 Å². The number of amides is 2. The first-order valence-electron chi connectivity index (χ1n) is 14.6. The fourth-order valence-corrected chi connectivity index (χ4v) is 6.50. The van der Waals surface area contributed by atoms with Gasteiger partial charge in [-0.25, -0.2) is 8.42 Å². The molecule has 1 atom stereocenters. The van der Waals surface area contributed by atoms with Crippen LogP contribution in [0.1, 0.15) is 55.7 Å². The fraction of sp³-hybridized carbons (Fsp3) is 0.394. The first kappa shape index (κ1) is 31.6. The number of benzene rings is 3. The molecule has 0 spiro atoms. The van der Waals surface area contributed by atoms with Crippen LogP contribution in [0.4, 0.5) is 5.69 Å². The van der Waals surface area contributed by atoms with E-state index < -0.39 is 28.5 Å². The highest BCUT2D eigenvalue weighted by Crippen LogP contribution is 2.23. The highest BCUT2D eigenvalue weighted by atomic mass is 35.5. The second kappa shape index (κ2) is 14.7. The largest absolute Gasteiger partial charge is 0.352 e. The molecule has 0 radical (unpaired) electrons. The predicted octanol–water partition coefficient (Wildman–Crippen LogP) is 5.76. The number of carbonyl (C=O) groups excluding carboxylic acids is 2. The molecule has 2 amide bonds. The number of sulfonamides is 1. The lowest BCUT2D eigenvalue weighted by molar-refractivity contribution is -0.140. The summed E-state index contributed by atoms with van der Waals surface area (Å²) < 4.78 is 27.0. The third kappa shape index (κ3) is 8.82. The van der Waals surface area contributed by atoms with E-state index in [0.717, 1.165) is 65.8 Å². The fourth-order valence-electron chi connectivity index (χ4n) is 5.44. The Labute approximate surface area is 254 Å². The number of halogens is 1. The lowest BCUT2D eigenvalue weighted by Crippen LogP contribution is -2.55. The van der Waals surface area contributed by atoms with Gasteiger partial charge in [-0.2, -0.15) is 0 Å². The Bertz CT molecular complexity index is 1440. The third-order valence-electron chi connectivity index (χ3n) is 7.78. The van der Waals surface area contributed by atoms with Crippen molar-refractivity contribution >= 4 is 39.1 Å². The number of carbonyl (C=O) groups is 2. The normalized spacial score (nSPS) is 14.6. The minimum atomic E-state index is -3.81. The van der Waals surface area contributed by atoms with Crippen molar-refractivity contribution in [3.05, 3.63) is 101 Å². The molecule has 7 nitrogen and oxygen atoms in total. The van der Waals surface area contributed by atoms with E-state index in [1.807, 2.05) is 55.5 Å². The Hall–Kier alpha value is -3.36. The van der Waals surface area contributed by atoms with Crippen molar-refractivity contribution in [2.24, 2.45) is 0 Å². The van der Waals surface area contributed by atoms with Crippen molar-refractivity contribution < 1.29 is 18.0 Å². The van der Waals surface area contributed by atoms with Crippen LogP contribution in [0.15, 0.2) is 78.9 Å². The van der Waals surface area contributed by atoms with Crippen LogP contribution in [0.5, 0.6) is 0 Å². The van der Waals surface area contributed by atoms with E-state index in [2.05, 4.69) is 5.32 Å². The molecule has 1 fully saturated rings. The van der Waals surface area contributed by atoms with Crippen LogP contribution in [0.3, 0.4) is 0 Å². The average Bonchev–Trinajstić information content (AvgIpc) is 2.98. The van der Waals surface area contributed by atoms with Crippen molar-refractivity contribution in [2.75, 3.05) is 17.1 Å². The average molecular weight is 610 g/mol. The number of hydrogen-bond acceptors (Lipinski definition) is 4. The van der Waals surface area contributed by atoms with Gasteiger partial charge in [-0.05, 0) is 60.2 Å². The summed E-state index contributed by atoms with van der Waals surface area (Å²) in [6.45, 7) is 1.68. The molecule has 9 heteroatoms. The van der Waals surface area contributed by atoms with Gasteiger partial charge in [-0.1, -0.05) is 92.4 Å². The molecule has 0 unspecified atom stereocenters. The maximum Gasteiger partial charge on any atom is 0.244 e. The van der Waals surface area contributed by atoms with Crippen LogP contribution in [-0.4, -0.2) is 50.0 Å². The first-order chi connectivity index (χ1) is 20.1. The number of anilines is 1. The maximum absolute atomic E-state index is 14.2. The van der Waals surface area contributed by atoms with Gasteiger partial charge in [0.1, 0.15) is 12.6 Å². The van der Waals surface area contributed by atoms with E-state index in [0.29, 0.717) is 10.7 Å². The van der Waals surface area contributed by atoms with Crippen molar-refractivity contribution in [1.29, 1.82) is 0 Å².